The number of benzene rings is 1. The van der Waals surface area contributed by atoms with Gasteiger partial charge >= 0.3 is 6.09 Å². The predicted octanol–water partition coefficient (Wildman–Crippen LogP) is 3.00. The largest absolute Gasteiger partial charge is 0.445 e. The molecule has 1 saturated heterocycles. The minimum Gasteiger partial charge on any atom is -0.445 e. The topological polar surface area (TPSA) is 69.4 Å². The molecule has 0 aromatic heterocycles. The molecule has 114 valence electrons. The normalized spacial score (nSPS) is 23.7. The molecule has 2 bridgehead atoms. The molecule has 0 spiro atoms. The highest BCUT2D eigenvalue weighted by Crippen LogP contribution is 2.35. The first-order valence-electron chi connectivity index (χ1n) is 7.24. The van der Waals surface area contributed by atoms with Crippen molar-refractivity contribution in [1.29, 1.82) is 0 Å². The maximum atomic E-state index is 11.4. The molecule has 2 N–H and O–H groups in total. The van der Waals surface area contributed by atoms with Crippen molar-refractivity contribution in [2.45, 2.75) is 25.9 Å². The van der Waals surface area contributed by atoms with Crippen LogP contribution in [0.25, 0.3) is 0 Å². The Bertz CT molecular complexity index is 454. The minimum atomic E-state index is -0.742. The third kappa shape index (κ3) is 5.08. The van der Waals surface area contributed by atoms with Crippen LogP contribution in [0.5, 0.6) is 0 Å². The van der Waals surface area contributed by atoms with E-state index in [-0.39, 0.29) is 6.61 Å². The van der Waals surface area contributed by atoms with E-state index in [9.17, 15) is 9.59 Å². The molecule has 2 aliphatic rings. The Morgan fingerprint density at radius 3 is 2.33 bits per heavy atom. The highest BCUT2D eigenvalue weighted by atomic mass is 32.2. The summed E-state index contributed by atoms with van der Waals surface area (Å²) in [5.41, 5.74) is 5.72. The van der Waals surface area contributed by atoms with Crippen molar-refractivity contribution in [3.8, 4) is 0 Å². The quantitative estimate of drug-likeness (QED) is 0.912. The van der Waals surface area contributed by atoms with E-state index in [0.717, 1.165) is 17.1 Å². The minimum absolute atomic E-state index is 0.246. The molecular weight excluding hydrogens is 286 g/mol. The van der Waals surface area contributed by atoms with Crippen molar-refractivity contribution in [3.63, 3.8) is 0 Å². The number of Topliss-reactive ketones (excluding diaryl/α,β-unsaturated/α-hetero) is 1. The number of hydrogen-bond donors (Lipinski definition) is 1. The number of thioether (sulfide) groups is 1. The summed E-state index contributed by atoms with van der Waals surface area (Å²) in [4.78, 5) is 21.6. The summed E-state index contributed by atoms with van der Waals surface area (Å²) in [6, 6.07) is 9.37. The predicted molar refractivity (Wildman–Crippen MR) is 84.0 cm³/mol. The Balaban J connectivity index is 0.000000154. The second kappa shape index (κ2) is 8.08. The van der Waals surface area contributed by atoms with E-state index < -0.39 is 6.09 Å². The fourth-order valence-corrected chi connectivity index (χ4v) is 4.01. The first-order chi connectivity index (χ1) is 10.2. The summed E-state index contributed by atoms with van der Waals surface area (Å²) in [7, 11) is 0. The van der Waals surface area contributed by atoms with Crippen LogP contribution in [-0.4, -0.2) is 23.4 Å². The lowest BCUT2D eigenvalue weighted by Crippen LogP contribution is -2.35. The van der Waals surface area contributed by atoms with Crippen LogP contribution in [0.15, 0.2) is 30.3 Å². The number of ether oxygens (including phenoxy) is 1. The van der Waals surface area contributed by atoms with Gasteiger partial charge in [0.15, 0.2) is 0 Å². The van der Waals surface area contributed by atoms with Gasteiger partial charge in [0.25, 0.3) is 0 Å². The molecule has 1 aromatic carbocycles. The number of primary amides is 1. The second-order valence-electron chi connectivity index (χ2n) is 5.36. The number of carbonyl (C=O) groups excluding carboxylic acids is 2. The summed E-state index contributed by atoms with van der Waals surface area (Å²) in [6.45, 7) is 0.246. The average Bonchev–Trinajstić information content (AvgIpc) is 2.47. The van der Waals surface area contributed by atoms with Crippen LogP contribution in [-0.2, 0) is 16.1 Å². The second-order valence-corrected chi connectivity index (χ2v) is 6.43. The van der Waals surface area contributed by atoms with Crippen LogP contribution in [0.4, 0.5) is 4.79 Å². The summed E-state index contributed by atoms with van der Waals surface area (Å²) >= 11 is 1.97. The number of fused-ring (bicyclic) bond motifs is 2. The highest BCUT2D eigenvalue weighted by Gasteiger charge is 2.34. The molecule has 1 aliphatic heterocycles. The lowest BCUT2D eigenvalue weighted by atomic mass is 9.82. The van der Waals surface area contributed by atoms with Crippen LogP contribution in [0.1, 0.15) is 24.8 Å². The van der Waals surface area contributed by atoms with Crippen molar-refractivity contribution in [2.24, 2.45) is 17.6 Å². The van der Waals surface area contributed by atoms with Crippen LogP contribution in [0.2, 0.25) is 0 Å². The van der Waals surface area contributed by atoms with Crippen molar-refractivity contribution >= 4 is 23.6 Å². The van der Waals surface area contributed by atoms with Crippen molar-refractivity contribution in [3.05, 3.63) is 35.9 Å². The summed E-state index contributed by atoms with van der Waals surface area (Å²) in [5.74, 6) is 3.67. The van der Waals surface area contributed by atoms with Gasteiger partial charge in [-0.25, -0.2) is 4.79 Å². The maximum absolute atomic E-state index is 11.4. The van der Waals surface area contributed by atoms with E-state index in [2.05, 4.69) is 4.74 Å². The number of nitrogens with two attached hydrogens (primary N) is 1. The molecule has 2 fully saturated rings. The van der Waals surface area contributed by atoms with Crippen molar-refractivity contribution in [1.82, 2.24) is 0 Å². The first-order valence-corrected chi connectivity index (χ1v) is 8.40. The van der Waals surface area contributed by atoms with Crippen LogP contribution in [0.3, 0.4) is 0 Å². The molecular formula is C16H21NO3S. The summed E-state index contributed by atoms with van der Waals surface area (Å²) in [5, 5.41) is 0. The number of carbonyl (C=O) groups is 2. The van der Waals surface area contributed by atoms with E-state index in [4.69, 9.17) is 5.73 Å². The Hall–Kier alpha value is -1.49. The fourth-order valence-electron chi connectivity index (χ4n) is 2.64. The molecule has 21 heavy (non-hydrogen) atoms. The molecule has 0 unspecified atom stereocenters. The lowest BCUT2D eigenvalue weighted by molar-refractivity contribution is -0.127. The molecule has 1 aliphatic carbocycles. The average molecular weight is 307 g/mol. The number of amides is 1. The molecule has 1 aromatic rings. The smallest absolute Gasteiger partial charge is 0.404 e. The SMILES string of the molecule is NC(=O)OCc1ccccc1.O=C1[C@@H]2CCC[C@H]1CSC2. The van der Waals surface area contributed by atoms with E-state index in [0.29, 0.717) is 17.6 Å². The molecule has 0 radical (unpaired) electrons. The highest BCUT2D eigenvalue weighted by molar-refractivity contribution is 7.99. The van der Waals surface area contributed by atoms with E-state index in [1.165, 1.54) is 19.3 Å². The molecule has 1 amide bonds. The van der Waals surface area contributed by atoms with E-state index in [1.54, 1.807) is 0 Å². The Labute approximate surface area is 129 Å². The Morgan fingerprint density at radius 2 is 1.81 bits per heavy atom. The van der Waals surface area contributed by atoms with Gasteiger partial charge in [0.2, 0.25) is 0 Å². The lowest BCUT2D eigenvalue weighted by Gasteiger charge is -2.31. The standard InChI is InChI=1S/C8H9NO2.C8H12OS/c9-8(10)11-6-7-4-2-1-3-5-7;9-8-6-2-1-3-7(8)5-10-4-6/h1-5H,6H2,(H2,9,10);6-7H,1-5H2/t;6-,7+. The molecule has 1 heterocycles. The zero-order chi connectivity index (χ0) is 15.1. The Morgan fingerprint density at radius 1 is 1.19 bits per heavy atom. The third-order valence-corrected chi connectivity index (χ3v) is 5.05. The molecule has 2 atom stereocenters. The van der Waals surface area contributed by atoms with Gasteiger partial charge in [0.1, 0.15) is 12.4 Å². The fraction of sp³-hybridized carbons (Fsp3) is 0.500. The zero-order valence-electron chi connectivity index (χ0n) is 12.0. The molecule has 4 nitrogen and oxygen atoms in total. The number of rotatable bonds is 2. The van der Waals surface area contributed by atoms with Gasteiger partial charge in [-0.15, -0.1) is 0 Å². The van der Waals surface area contributed by atoms with Crippen molar-refractivity contribution in [2.75, 3.05) is 11.5 Å². The van der Waals surface area contributed by atoms with Gasteiger partial charge in [-0.3, -0.25) is 4.79 Å². The van der Waals surface area contributed by atoms with Crippen molar-refractivity contribution < 1.29 is 14.3 Å². The van der Waals surface area contributed by atoms with Crippen LogP contribution >= 0.6 is 11.8 Å². The summed E-state index contributed by atoms with van der Waals surface area (Å²) < 4.78 is 4.57. The maximum Gasteiger partial charge on any atom is 0.404 e. The van der Waals surface area contributed by atoms with Gasteiger partial charge in [-0.1, -0.05) is 36.8 Å². The van der Waals surface area contributed by atoms with Crippen LogP contribution < -0.4 is 5.73 Å². The van der Waals surface area contributed by atoms with Gasteiger partial charge in [0, 0.05) is 23.3 Å². The monoisotopic (exact) mass is 307 g/mol. The molecule has 1 saturated carbocycles. The van der Waals surface area contributed by atoms with Crippen LogP contribution in [0, 0.1) is 11.8 Å². The molecule has 5 heteroatoms. The van der Waals surface area contributed by atoms with E-state index >= 15 is 0 Å². The van der Waals surface area contributed by atoms with Gasteiger partial charge in [0.05, 0.1) is 0 Å². The number of ketones is 1. The van der Waals surface area contributed by atoms with Gasteiger partial charge in [-0.2, -0.15) is 11.8 Å². The molecule has 3 rings (SSSR count). The van der Waals surface area contributed by atoms with Gasteiger partial charge < -0.3 is 10.5 Å². The third-order valence-electron chi connectivity index (χ3n) is 3.77. The number of hydrogen-bond acceptors (Lipinski definition) is 4. The Kier molecular flexibility index (Phi) is 6.11. The van der Waals surface area contributed by atoms with Gasteiger partial charge in [-0.05, 0) is 18.4 Å². The first kappa shape index (κ1) is 15.9. The summed E-state index contributed by atoms with van der Waals surface area (Å²) in [6.07, 6.45) is 2.89. The zero-order valence-corrected chi connectivity index (χ0v) is 12.8. The van der Waals surface area contributed by atoms with E-state index in [1.807, 2.05) is 42.1 Å².